The number of hydrogen-bond acceptors (Lipinski definition) is 3. The number of carbonyl (C=O) groups excluding carboxylic acids is 1. The molecule has 2 atom stereocenters. The lowest BCUT2D eigenvalue weighted by Crippen LogP contribution is -2.13. The number of aldehydes is 1. The van der Waals surface area contributed by atoms with E-state index in [0.29, 0.717) is 16.9 Å². The highest BCUT2D eigenvalue weighted by Crippen LogP contribution is 2.23. The van der Waals surface area contributed by atoms with Gasteiger partial charge >= 0.3 is 0 Å². The molecule has 0 aromatic heterocycles. The minimum Gasteiger partial charge on any atom is -0.384 e. The van der Waals surface area contributed by atoms with Crippen LogP contribution in [0.5, 0.6) is 0 Å². The Morgan fingerprint density at radius 2 is 2.23 bits per heavy atom. The fraction of sp³-hybridized carbons (Fsp3) is 0.900. The van der Waals surface area contributed by atoms with Crippen molar-refractivity contribution in [1.82, 2.24) is 0 Å². The van der Waals surface area contributed by atoms with E-state index in [1.165, 1.54) is 0 Å². The van der Waals surface area contributed by atoms with Gasteiger partial charge in [-0.3, -0.25) is 0 Å². The van der Waals surface area contributed by atoms with E-state index < -0.39 is 0 Å². The van der Waals surface area contributed by atoms with Gasteiger partial charge in [-0.2, -0.15) is 11.8 Å². The summed E-state index contributed by atoms with van der Waals surface area (Å²) in [5, 5.41) is 0.967. The Hall–Kier alpha value is -0.0200. The topological polar surface area (TPSA) is 26.3 Å². The van der Waals surface area contributed by atoms with Crippen LogP contribution >= 0.6 is 11.8 Å². The third-order valence-electron chi connectivity index (χ3n) is 1.80. The third-order valence-corrected chi connectivity index (χ3v) is 3.21. The fourth-order valence-electron chi connectivity index (χ4n) is 1.27. The maximum Gasteiger partial charge on any atom is 0.121 e. The summed E-state index contributed by atoms with van der Waals surface area (Å²) in [5.41, 5.74) is 0. The molecule has 2 nitrogen and oxygen atoms in total. The van der Waals surface area contributed by atoms with E-state index in [2.05, 4.69) is 13.8 Å². The van der Waals surface area contributed by atoms with Crippen LogP contribution in [-0.4, -0.2) is 30.5 Å². The van der Waals surface area contributed by atoms with Gasteiger partial charge in [-0.25, -0.2) is 0 Å². The number of rotatable bonds is 8. The molecular weight excluding hydrogens is 184 g/mol. The first kappa shape index (κ1) is 13.0. The lowest BCUT2D eigenvalue weighted by atomic mass is 10.2. The van der Waals surface area contributed by atoms with Crippen molar-refractivity contribution in [1.29, 1.82) is 0 Å². The van der Waals surface area contributed by atoms with E-state index in [-0.39, 0.29) is 0 Å². The van der Waals surface area contributed by atoms with Crippen LogP contribution in [0.1, 0.15) is 33.1 Å². The minimum atomic E-state index is 0.479. The van der Waals surface area contributed by atoms with Crippen molar-refractivity contribution in [3.05, 3.63) is 0 Å². The van der Waals surface area contributed by atoms with Gasteiger partial charge in [0.05, 0.1) is 6.61 Å². The molecule has 0 N–H and O–H groups in total. The van der Waals surface area contributed by atoms with Crippen LogP contribution < -0.4 is 0 Å². The monoisotopic (exact) mass is 204 g/mol. The minimum absolute atomic E-state index is 0.479. The zero-order valence-corrected chi connectivity index (χ0v) is 9.60. The molecule has 0 spiro atoms. The van der Waals surface area contributed by atoms with Crippen LogP contribution in [0.15, 0.2) is 0 Å². The molecule has 0 radical (unpaired) electrons. The number of thioether (sulfide) groups is 1. The smallest absolute Gasteiger partial charge is 0.121 e. The largest absolute Gasteiger partial charge is 0.384 e. The molecule has 13 heavy (non-hydrogen) atoms. The molecule has 0 aliphatic heterocycles. The maximum atomic E-state index is 10.4. The number of methoxy groups -OCH3 is 1. The molecule has 0 amide bonds. The lowest BCUT2D eigenvalue weighted by molar-refractivity contribution is -0.107. The predicted octanol–water partition coefficient (Wildman–Crippen LogP) is 2.51. The van der Waals surface area contributed by atoms with Gasteiger partial charge in [0.25, 0.3) is 0 Å². The summed E-state index contributed by atoms with van der Waals surface area (Å²) < 4.78 is 5.05. The van der Waals surface area contributed by atoms with Gasteiger partial charge in [0.2, 0.25) is 0 Å². The standard InChI is InChI=1S/C10H20O2S/c1-4-5-10(6-7-11)13-9(2)8-12-3/h7,9-10H,4-6,8H2,1-3H3. The molecule has 0 saturated carbocycles. The molecule has 0 aromatic carbocycles. The Morgan fingerprint density at radius 1 is 1.54 bits per heavy atom. The summed E-state index contributed by atoms with van der Waals surface area (Å²) in [6.45, 7) is 5.06. The van der Waals surface area contributed by atoms with E-state index in [9.17, 15) is 4.79 Å². The number of ether oxygens (including phenoxy) is 1. The average Bonchev–Trinajstić information content (AvgIpc) is 2.05. The SMILES string of the molecule is CCCC(CC=O)SC(C)COC. The summed E-state index contributed by atoms with van der Waals surface area (Å²) in [4.78, 5) is 10.4. The first-order valence-electron chi connectivity index (χ1n) is 4.82. The molecule has 2 unspecified atom stereocenters. The lowest BCUT2D eigenvalue weighted by Gasteiger charge is -2.17. The second-order valence-corrected chi connectivity index (χ2v) is 4.96. The van der Waals surface area contributed by atoms with Crippen LogP contribution in [-0.2, 0) is 9.53 Å². The summed E-state index contributed by atoms with van der Waals surface area (Å²) in [5.74, 6) is 0. The predicted molar refractivity (Wildman–Crippen MR) is 58.3 cm³/mol. The van der Waals surface area contributed by atoms with E-state index >= 15 is 0 Å². The normalized spacial score (nSPS) is 15.3. The van der Waals surface area contributed by atoms with Crippen molar-refractivity contribution >= 4 is 18.0 Å². The Bertz CT molecular complexity index is 128. The van der Waals surface area contributed by atoms with Gasteiger partial charge in [-0.1, -0.05) is 20.3 Å². The summed E-state index contributed by atoms with van der Waals surface area (Å²) in [6, 6.07) is 0. The Morgan fingerprint density at radius 3 is 2.69 bits per heavy atom. The molecule has 0 heterocycles. The molecule has 78 valence electrons. The van der Waals surface area contributed by atoms with Crippen LogP contribution in [0.2, 0.25) is 0 Å². The van der Waals surface area contributed by atoms with Crippen molar-refractivity contribution in [2.24, 2.45) is 0 Å². The molecule has 0 aliphatic rings. The molecule has 0 fully saturated rings. The Kier molecular flexibility index (Phi) is 8.56. The first-order valence-corrected chi connectivity index (χ1v) is 5.76. The number of carbonyl (C=O) groups is 1. The van der Waals surface area contributed by atoms with Crippen molar-refractivity contribution in [2.45, 2.75) is 43.6 Å². The Labute approximate surface area is 85.4 Å². The highest BCUT2D eigenvalue weighted by molar-refractivity contribution is 8.00. The van der Waals surface area contributed by atoms with Crippen LogP contribution in [0, 0.1) is 0 Å². The van der Waals surface area contributed by atoms with Crippen LogP contribution in [0.3, 0.4) is 0 Å². The van der Waals surface area contributed by atoms with Gasteiger partial charge in [-0.15, -0.1) is 0 Å². The van der Waals surface area contributed by atoms with Crippen LogP contribution in [0.25, 0.3) is 0 Å². The van der Waals surface area contributed by atoms with Crippen molar-refractivity contribution in [3.63, 3.8) is 0 Å². The number of hydrogen-bond donors (Lipinski definition) is 0. The average molecular weight is 204 g/mol. The van der Waals surface area contributed by atoms with Gasteiger partial charge < -0.3 is 9.53 Å². The highest BCUT2D eigenvalue weighted by atomic mass is 32.2. The molecule has 0 bridgehead atoms. The maximum absolute atomic E-state index is 10.4. The van der Waals surface area contributed by atoms with E-state index in [1.54, 1.807) is 7.11 Å². The second-order valence-electron chi connectivity index (χ2n) is 3.22. The quantitative estimate of drug-likeness (QED) is 0.568. The third kappa shape index (κ3) is 7.08. The van der Waals surface area contributed by atoms with E-state index in [1.807, 2.05) is 11.8 Å². The molecule has 0 rings (SSSR count). The molecular formula is C10H20O2S. The molecule has 0 aliphatic carbocycles. The van der Waals surface area contributed by atoms with Crippen molar-refractivity contribution in [3.8, 4) is 0 Å². The summed E-state index contributed by atoms with van der Waals surface area (Å²) >= 11 is 1.86. The fourth-order valence-corrected chi connectivity index (χ4v) is 2.71. The van der Waals surface area contributed by atoms with Gasteiger partial charge in [0.1, 0.15) is 6.29 Å². The molecule has 0 aromatic rings. The van der Waals surface area contributed by atoms with E-state index in [4.69, 9.17) is 4.74 Å². The highest BCUT2D eigenvalue weighted by Gasteiger charge is 2.12. The molecule has 0 saturated heterocycles. The summed E-state index contributed by atoms with van der Waals surface area (Å²) in [7, 11) is 1.71. The van der Waals surface area contributed by atoms with Crippen molar-refractivity contribution < 1.29 is 9.53 Å². The molecule has 3 heteroatoms. The Balaban J connectivity index is 3.71. The van der Waals surface area contributed by atoms with Crippen LogP contribution in [0.4, 0.5) is 0 Å². The van der Waals surface area contributed by atoms with Gasteiger partial charge in [0, 0.05) is 24.0 Å². The second kappa shape index (κ2) is 8.57. The zero-order valence-electron chi connectivity index (χ0n) is 8.79. The van der Waals surface area contributed by atoms with Gasteiger partial charge in [-0.05, 0) is 6.42 Å². The first-order chi connectivity index (χ1) is 6.24. The van der Waals surface area contributed by atoms with E-state index in [0.717, 1.165) is 25.7 Å². The van der Waals surface area contributed by atoms with Crippen molar-refractivity contribution in [2.75, 3.05) is 13.7 Å². The van der Waals surface area contributed by atoms with Gasteiger partial charge in [0.15, 0.2) is 0 Å². The summed E-state index contributed by atoms with van der Waals surface area (Å²) in [6.07, 6.45) is 3.96. The zero-order chi connectivity index (χ0) is 10.1.